The molecule has 2 aromatic rings. The standard InChI is InChI=1S/C28H42N2O/c1-3-5-7-8-9-23-10-12-24(13-11-23)14-17-26-18-21-28(30-29-26)25-15-19-27(20-16-25)31-22-6-4-2/h15-16,18-21,23-24H,3-14,17,22H2,1-2H3. The monoisotopic (exact) mass is 422 g/mol. The van der Waals surface area contributed by atoms with Gasteiger partial charge in [-0.1, -0.05) is 78.1 Å². The molecule has 0 aliphatic heterocycles. The third-order valence-electron chi connectivity index (χ3n) is 6.88. The van der Waals surface area contributed by atoms with Crippen LogP contribution in [0.15, 0.2) is 36.4 Å². The number of rotatable bonds is 13. The van der Waals surface area contributed by atoms with Gasteiger partial charge in [0.25, 0.3) is 0 Å². The Morgan fingerprint density at radius 3 is 2.10 bits per heavy atom. The third-order valence-corrected chi connectivity index (χ3v) is 6.88. The summed E-state index contributed by atoms with van der Waals surface area (Å²) in [5.41, 5.74) is 3.16. The van der Waals surface area contributed by atoms with Gasteiger partial charge in [-0.3, -0.25) is 0 Å². The van der Waals surface area contributed by atoms with Gasteiger partial charge < -0.3 is 4.74 Å². The predicted octanol–water partition coefficient (Wildman–Crippen LogP) is 8.03. The highest BCUT2D eigenvalue weighted by Crippen LogP contribution is 2.34. The lowest BCUT2D eigenvalue weighted by Gasteiger charge is -2.28. The summed E-state index contributed by atoms with van der Waals surface area (Å²) in [5, 5.41) is 9.00. The number of benzene rings is 1. The summed E-state index contributed by atoms with van der Waals surface area (Å²) in [6, 6.07) is 12.5. The van der Waals surface area contributed by atoms with Crippen LogP contribution in [-0.2, 0) is 6.42 Å². The first kappa shape index (κ1) is 23.8. The fourth-order valence-electron chi connectivity index (χ4n) is 4.72. The van der Waals surface area contributed by atoms with E-state index in [1.54, 1.807) is 0 Å². The molecule has 1 aromatic carbocycles. The molecule has 1 heterocycles. The lowest BCUT2D eigenvalue weighted by atomic mass is 9.78. The molecule has 3 rings (SSSR count). The molecule has 3 heteroatoms. The molecule has 170 valence electrons. The summed E-state index contributed by atoms with van der Waals surface area (Å²) in [4.78, 5) is 0. The van der Waals surface area contributed by atoms with Crippen LogP contribution < -0.4 is 4.74 Å². The molecule has 0 N–H and O–H groups in total. The van der Waals surface area contributed by atoms with E-state index in [0.29, 0.717) is 0 Å². The summed E-state index contributed by atoms with van der Waals surface area (Å²) < 4.78 is 5.75. The fraction of sp³-hybridized carbons (Fsp3) is 0.643. The maximum absolute atomic E-state index is 5.75. The van der Waals surface area contributed by atoms with Crippen LogP contribution in [0, 0.1) is 11.8 Å². The first-order chi connectivity index (χ1) is 15.3. The molecule has 1 aliphatic rings. The van der Waals surface area contributed by atoms with Crippen molar-refractivity contribution in [1.82, 2.24) is 10.2 Å². The van der Waals surface area contributed by atoms with Gasteiger partial charge in [-0.05, 0) is 67.5 Å². The number of hydrogen-bond donors (Lipinski definition) is 0. The van der Waals surface area contributed by atoms with E-state index in [2.05, 4.69) is 48.3 Å². The minimum atomic E-state index is 0.783. The Hall–Kier alpha value is -1.90. The molecule has 1 aliphatic carbocycles. The molecule has 0 unspecified atom stereocenters. The Bertz CT molecular complexity index is 718. The quantitative estimate of drug-likeness (QED) is 0.306. The first-order valence-corrected chi connectivity index (χ1v) is 12.8. The number of ether oxygens (including phenoxy) is 1. The molecule has 0 atom stereocenters. The van der Waals surface area contributed by atoms with Crippen LogP contribution in [-0.4, -0.2) is 16.8 Å². The zero-order valence-corrected chi connectivity index (χ0v) is 19.8. The molecule has 1 aromatic heterocycles. The second-order valence-electron chi connectivity index (χ2n) is 9.41. The summed E-state index contributed by atoms with van der Waals surface area (Å²) >= 11 is 0. The molecular formula is C28H42N2O. The molecule has 1 fully saturated rings. The molecular weight excluding hydrogens is 380 g/mol. The van der Waals surface area contributed by atoms with E-state index < -0.39 is 0 Å². The van der Waals surface area contributed by atoms with Gasteiger partial charge >= 0.3 is 0 Å². The summed E-state index contributed by atoms with van der Waals surface area (Å²) in [6.45, 7) is 5.26. The number of nitrogens with zero attached hydrogens (tertiary/aromatic N) is 2. The van der Waals surface area contributed by atoms with Crippen LogP contribution in [0.4, 0.5) is 0 Å². The van der Waals surface area contributed by atoms with Gasteiger partial charge in [-0.15, -0.1) is 0 Å². The Labute approximate surface area is 190 Å². The predicted molar refractivity (Wildman–Crippen MR) is 130 cm³/mol. The van der Waals surface area contributed by atoms with E-state index in [9.17, 15) is 0 Å². The first-order valence-electron chi connectivity index (χ1n) is 12.8. The molecule has 0 saturated heterocycles. The highest BCUT2D eigenvalue weighted by molar-refractivity contribution is 5.59. The van der Waals surface area contributed by atoms with Gasteiger partial charge in [-0.2, -0.15) is 10.2 Å². The normalized spacial score (nSPS) is 18.8. The van der Waals surface area contributed by atoms with Crippen LogP contribution in [0.25, 0.3) is 11.3 Å². The Morgan fingerprint density at radius 1 is 0.742 bits per heavy atom. The van der Waals surface area contributed by atoms with Crippen molar-refractivity contribution in [3.8, 4) is 17.0 Å². The number of hydrogen-bond acceptors (Lipinski definition) is 3. The zero-order valence-electron chi connectivity index (χ0n) is 19.8. The van der Waals surface area contributed by atoms with E-state index in [0.717, 1.165) is 60.4 Å². The van der Waals surface area contributed by atoms with Crippen molar-refractivity contribution in [3.63, 3.8) is 0 Å². The smallest absolute Gasteiger partial charge is 0.119 e. The molecule has 0 amide bonds. The minimum Gasteiger partial charge on any atom is -0.494 e. The number of aromatic nitrogens is 2. The molecule has 31 heavy (non-hydrogen) atoms. The van der Waals surface area contributed by atoms with Crippen molar-refractivity contribution in [3.05, 3.63) is 42.1 Å². The Morgan fingerprint density at radius 2 is 1.45 bits per heavy atom. The van der Waals surface area contributed by atoms with Crippen molar-refractivity contribution in [1.29, 1.82) is 0 Å². The van der Waals surface area contributed by atoms with Crippen molar-refractivity contribution < 1.29 is 4.74 Å². The topological polar surface area (TPSA) is 35.0 Å². The average Bonchev–Trinajstić information content (AvgIpc) is 2.82. The molecule has 1 saturated carbocycles. The lowest BCUT2D eigenvalue weighted by Crippen LogP contribution is -2.15. The second kappa shape index (κ2) is 13.5. The van der Waals surface area contributed by atoms with E-state index in [4.69, 9.17) is 4.74 Å². The fourth-order valence-corrected chi connectivity index (χ4v) is 4.72. The van der Waals surface area contributed by atoms with Gasteiger partial charge in [0.15, 0.2) is 0 Å². The van der Waals surface area contributed by atoms with Gasteiger partial charge in [0.1, 0.15) is 5.75 Å². The summed E-state index contributed by atoms with van der Waals surface area (Å²) in [7, 11) is 0. The van der Waals surface area contributed by atoms with E-state index in [1.165, 1.54) is 64.2 Å². The SMILES string of the molecule is CCCCCCC1CCC(CCc2ccc(-c3ccc(OCCCC)cc3)nn2)CC1. The van der Waals surface area contributed by atoms with Gasteiger partial charge in [0.2, 0.25) is 0 Å². The van der Waals surface area contributed by atoms with Crippen LogP contribution in [0.1, 0.15) is 96.6 Å². The van der Waals surface area contributed by atoms with Crippen molar-refractivity contribution in [2.45, 2.75) is 97.3 Å². The molecule has 0 bridgehead atoms. The number of unbranched alkanes of at least 4 members (excludes halogenated alkanes) is 4. The van der Waals surface area contributed by atoms with Crippen LogP contribution >= 0.6 is 0 Å². The van der Waals surface area contributed by atoms with Crippen LogP contribution in [0.5, 0.6) is 5.75 Å². The maximum atomic E-state index is 5.75. The van der Waals surface area contributed by atoms with Crippen molar-refractivity contribution >= 4 is 0 Å². The van der Waals surface area contributed by atoms with E-state index in [1.807, 2.05) is 12.1 Å². The molecule has 0 radical (unpaired) electrons. The highest BCUT2D eigenvalue weighted by atomic mass is 16.5. The van der Waals surface area contributed by atoms with Crippen LogP contribution in [0.3, 0.4) is 0 Å². The Balaban J connectivity index is 1.38. The van der Waals surface area contributed by atoms with Gasteiger partial charge in [0.05, 0.1) is 18.0 Å². The third kappa shape index (κ3) is 8.27. The van der Waals surface area contributed by atoms with Crippen LogP contribution in [0.2, 0.25) is 0 Å². The van der Waals surface area contributed by atoms with Gasteiger partial charge in [0, 0.05) is 5.56 Å². The largest absolute Gasteiger partial charge is 0.494 e. The highest BCUT2D eigenvalue weighted by Gasteiger charge is 2.20. The molecule has 3 nitrogen and oxygen atoms in total. The minimum absolute atomic E-state index is 0.783. The van der Waals surface area contributed by atoms with E-state index >= 15 is 0 Å². The lowest BCUT2D eigenvalue weighted by molar-refractivity contribution is 0.248. The zero-order chi connectivity index (χ0) is 21.7. The summed E-state index contributed by atoms with van der Waals surface area (Å²) in [5.74, 6) is 2.81. The van der Waals surface area contributed by atoms with Crippen molar-refractivity contribution in [2.75, 3.05) is 6.61 Å². The Kier molecular flexibility index (Phi) is 10.3. The maximum Gasteiger partial charge on any atom is 0.119 e. The average molecular weight is 423 g/mol. The second-order valence-corrected chi connectivity index (χ2v) is 9.41. The summed E-state index contributed by atoms with van der Waals surface area (Å²) in [6.07, 6.45) is 17.4. The van der Waals surface area contributed by atoms with Gasteiger partial charge in [-0.25, -0.2) is 0 Å². The number of aryl methyl sites for hydroxylation is 1. The molecule has 0 spiro atoms. The van der Waals surface area contributed by atoms with E-state index in [-0.39, 0.29) is 0 Å². The van der Waals surface area contributed by atoms with Crippen molar-refractivity contribution in [2.24, 2.45) is 11.8 Å².